The highest BCUT2D eigenvalue weighted by Gasteiger charge is 2.06. The van der Waals surface area contributed by atoms with Crippen LogP contribution in [-0.2, 0) is 6.42 Å². The van der Waals surface area contributed by atoms with E-state index in [2.05, 4.69) is 10.6 Å². The maximum Gasteiger partial charge on any atom is 0.185 e. The molecule has 8 N–H and O–H groups in total. The first-order valence-corrected chi connectivity index (χ1v) is 9.72. The van der Waals surface area contributed by atoms with Gasteiger partial charge >= 0.3 is 0 Å². The highest BCUT2D eigenvalue weighted by molar-refractivity contribution is 5.98. The van der Waals surface area contributed by atoms with Crippen molar-refractivity contribution in [3.8, 4) is 0 Å². The van der Waals surface area contributed by atoms with Crippen molar-refractivity contribution < 1.29 is 4.42 Å². The zero-order valence-corrected chi connectivity index (χ0v) is 15.9. The second-order valence-corrected chi connectivity index (χ2v) is 6.84. The summed E-state index contributed by atoms with van der Waals surface area (Å²) in [6.45, 7) is 2.83. The van der Waals surface area contributed by atoms with Crippen molar-refractivity contribution in [2.24, 2.45) is 11.5 Å². The van der Waals surface area contributed by atoms with E-state index in [1.807, 2.05) is 24.3 Å². The number of aryl methyl sites for hydroxylation is 1. The molecule has 0 aliphatic carbocycles. The summed E-state index contributed by atoms with van der Waals surface area (Å²) in [5, 5.41) is 21.9. The maximum absolute atomic E-state index is 7.50. The normalized spacial score (nSPS) is 11.0. The third-order valence-electron chi connectivity index (χ3n) is 4.50. The Kier molecular flexibility index (Phi) is 8.64. The van der Waals surface area contributed by atoms with Crippen LogP contribution < -0.4 is 22.1 Å². The van der Waals surface area contributed by atoms with E-state index in [-0.39, 0.29) is 11.8 Å². The number of nitrogen functional groups attached to an aromatic ring is 1. The van der Waals surface area contributed by atoms with Crippen LogP contribution in [0.3, 0.4) is 0 Å². The molecule has 0 spiro atoms. The molecule has 0 aliphatic heterocycles. The van der Waals surface area contributed by atoms with Gasteiger partial charge in [-0.05, 0) is 56.6 Å². The first-order chi connectivity index (χ1) is 13.1. The van der Waals surface area contributed by atoms with E-state index in [1.54, 1.807) is 0 Å². The molecule has 1 heterocycles. The van der Waals surface area contributed by atoms with Crippen LogP contribution in [0.4, 0.5) is 0 Å². The zero-order valence-electron chi connectivity index (χ0n) is 15.9. The molecule has 0 unspecified atom stereocenters. The zero-order chi connectivity index (χ0) is 19.5. The first-order valence-electron chi connectivity index (χ1n) is 9.72. The van der Waals surface area contributed by atoms with Gasteiger partial charge in [-0.3, -0.25) is 10.8 Å². The lowest BCUT2D eigenvalue weighted by molar-refractivity contribution is 0.521. The van der Waals surface area contributed by atoms with Gasteiger partial charge in [0.2, 0.25) is 0 Å². The molecule has 2 aromatic rings. The molecule has 2 rings (SSSR count). The van der Waals surface area contributed by atoms with Crippen LogP contribution in [0.15, 0.2) is 28.7 Å². The number of nitrogens with two attached hydrogens (primary N) is 2. The van der Waals surface area contributed by atoms with Crippen LogP contribution in [0, 0.1) is 10.8 Å². The average Bonchev–Trinajstić information content (AvgIpc) is 3.04. The number of fused-ring (bicyclic) bond motifs is 1. The Hall–Kier alpha value is -2.54. The Morgan fingerprint density at radius 2 is 1.59 bits per heavy atom. The summed E-state index contributed by atoms with van der Waals surface area (Å²) < 4.78 is 5.84. The number of amidine groups is 1. The minimum Gasteiger partial charge on any atom is -0.461 e. The minimum absolute atomic E-state index is 0.0580. The van der Waals surface area contributed by atoms with Gasteiger partial charge in [-0.25, -0.2) is 0 Å². The molecule has 0 radical (unpaired) electrons. The van der Waals surface area contributed by atoms with Crippen LogP contribution in [0.5, 0.6) is 0 Å². The van der Waals surface area contributed by atoms with Crippen LogP contribution in [0.25, 0.3) is 11.0 Å². The first kappa shape index (κ1) is 20.8. The molecule has 0 fully saturated rings. The minimum atomic E-state index is 0.0580. The SMILES string of the molecule is N=C(N)NCCCCCCCNCCCc1cc2cc(C(=N)N)ccc2o1. The summed E-state index contributed by atoms with van der Waals surface area (Å²) in [5.74, 6) is 1.12. The molecule has 0 aliphatic rings. The topological polar surface area (TPSA) is 137 Å². The molecule has 7 heteroatoms. The van der Waals surface area contributed by atoms with Gasteiger partial charge in [-0.1, -0.05) is 19.3 Å². The lowest BCUT2D eigenvalue weighted by Gasteiger charge is -2.05. The molecule has 1 aromatic heterocycles. The monoisotopic (exact) mass is 372 g/mol. The average molecular weight is 373 g/mol. The van der Waals surface area contributed by atoms with E-state index in [9.17, 15) is 0 Å². The fourth-order valence-corrected chi connectivity index (χ4v) is 3.03. The van der Waals surface area contributed by atoms with Gasteiger partial charge < -0.3 is 26.5 Å². The van der Waals surface area contributed by atoms with Crippen LogP contribution in [-0.4, -0.2) is 31.4 Å². The van der Waals surface area contributed by atoms with Gasteiger partial charge in [0.25, 0.3) is 0 Å². The molecule has 148 valence electrons. The lowest BCUT2D eigenvalue weighted by atomic mass is 10.1. The van der Waals surface area contributed by atoms with E-state index in [1.165, 1.54) is 25.7 Å². The van der Waals surface area contributed by atoms with Gasteiger partial charge in [0.05, 0.1) is 0 Å². The molecule has 0 atom stereocenters. The lowest BCUT2D eigenvalue weighted by Crippen LogP contribution is -2.30. The Labute approximate surface area is 160 Å². The molecular formula is C20H32N6O. The van der Waals surface area contributed by atoms with E-state index >= 15 is 0 Å². The molecule has 7 nitrogen and oxygen atoms in total. The quantitative estimate of drug-likeness (QED) is 0.182. The van der Waals surface area contributed by atoms with Crippen molar-refractivity contribution in [3.63, 3.8) is 0 Å². The summed E-state index contributed by atoms with van der Waals surface area (Å²) in [5.41, 5.74) is 12.3. The van der Waals surface area contributed by atoms with Gasteiger partial charge in [-0.15, -0.1) is 0 Å². The third kappa shape index (κ3) is 7.70. The Morgan fingerprint density at radius 1 is 0.889 bits per heavy atom. The van der Waals surface area contributed by atoms with Crippen molar-refractivity contribution in [3.05, 3.63) is 35.6 Å². The number of unbranched alkanes of at least 4 members (excludes halogenated alkanes) is 4. The number of benzene rings is 1. The second kappa shape index (κ2) is 11.2. The molecule has 1 aromatic carbocycles. The highest BCUT2D eigenvalue weighted by atomic mass is 16.3. The number of hydrogen-bond acceptors (Lipinski definition) is 4. The van der Waals surface area contributed by atoms with Crippen molar-refractivity contribution in [2.45, 2.75) is 44.9 Å². The van der Waals surface area contributed by atoms with Gasteiger partial charge in [-0.2, -0.15) is 0 Å². The van der Waals surface area contributed by atoms with Crippen LogP contribution in [0.1, 0.15) is 49.8 Å². The molecule has 0 saturated heterocycles. The number of rotatable bonds is 13. The summed E-state index contributed by atoms with van der Waals surface area (Å²) in [6.07, 6.45) is 7.84. The predicted octanol–water partition coefficient (Wildman–Crippen LogP) is 2.67. The Balaban J connectivity index is 1.51. The molecule has 0 amide bonds. The fraction of sp³-hybridized carbons (Fsp3) is 0.500. The van der Waals surface area contributed by atoms with E-state index in [0.717, 1.165) is 61.2 Å². The summed E-state index contributed by atoms with van der Waals surface area (Å²) in [4.78, 5) is 0. The van der Waals surface area contributed by atoms with E-state index in [4.69, 9.17) is 26.7 Å². The van der Waals surface area contributed by atoms with Crippen molar-refractivity contribution in [1.82, 2.24) is 10.6 Å². The maximum atomic E-state index is 7.50. The highest BCUT2D eigenvalue weighted by Crippen LogP contribution is 2.21. The number of hydrogen-bond donors (Lipinski definition) is 6. The molecule has 27 heavy (non-hydrogen) atoms. The largest absolute Gasteiger partial charge is 0.461 e. The van der Waals surface area contributed by atoms with Crippen molar-refractivity contribution >= 4 is 22.8 Å². The summed E-state index contributed by atoms with van der Waals surface area (Å²) >= 11 is 0. The van der Waals surface area contributed by atoms with Gasteiger partial charge in [0.15, 0.2) is 5.96 Å². The smallest absolute Gasteiger partial charge is 0.185 e. The molecule has 0 saturated carbocycles. The Morgan fingerprint density at radius 3 is 2.33 bits per heavy atom. The molecular weight excluding hydrogens is 340 g/mol. The molecule has 0 bridgehead atoms. The van der Waals surface area contributed by atoms with Gasteiger partial charge in [0, 0.05) is 23.9 Å². The fourth-order valence-electron chi connectivity index (χ4n) is 3.03. The third-order valence-corrected chi connectivity index (χ3v) is 4.50. The second-order valence-electron chi connectivity index (χ2n) is 6.84. The van der Waals surface area contributed by atoms with Crippen molar-refractivity contribution in [2.75, 3.05) is 19.6 Å². The van der Waals surface area contributed by atoms with Crippen LogP contribution >= 0.6 is 0 Å². The predicted molar refractivity (Wildman–Crippen MR) is 111 cm³/mol. The summed E-state index contributed by atoms with van der Waals surface area (Å²) in [7, 11) is 0. The van der Waals surface area contributed by atoms with Crippen LogP contribution in [0.2, 0.25) is 0 Å². The standard InChI is InChI=1S/C20H32N6O/c21-19(22)15-8-9-18-16(13-15)14-17(27-18)7-6-11-25-10-4-2-1-3-5-12-26-20(23)24/h8-9,13-14,25H,1-7,10-12H2,(H3,21,22)(H4,23,24,26). The summed E-state index contributed by atoms with van der Waals surface area (Å²) in [6, 6.07) is 7.64. The number of nitrogens with one attached hydrogen (secondary N) is 4. The van der Waals surface area contributed by atoms with E-state index in [0.29, 0.717) is 0 Å². The number of furan rings is 1. The number of guanidine groups is 1. The Bertz CT molecular complexity index is 739. The van der Waals surface area contributed by atoms with E-state index < -0.39 is 0 Å². The van der Waals surface area contributed by atoms with Gasteiger partial charge in [0.1, 0.15) is 17.2 Å². The van der Waals surface area contributed by atoms with Crippen molar-refractivity contribution in [1.29, 1.82) is 10.8 Å².